The maximum absolute atomic E-state index is 12.3. The van der Waals surface area contributed by atoms with Crippen LogP contribution in [-0.4, -0.2) is 39.4 Å². The third-order valence-electron chi connectivity index (χ3n) is 5.34. The Morgan fingerprint density at radius 2 is 1.71 bits per heavy atom. The van der Waals surface area contributed by atoms with Crippen LogP contribution in [0.3, 0.4) is 0 Å². The van der Waals surface area contributed by atoms with Crippen molar-refractivity contribution >= 4 is 5.91 Å². The van der Waals surface area contributed by atoms with Gasteiger partial charge in [0.25, 0.3) is 0 Å². The molecule has 0 bridgehead atoms. The number of hydrogen-bond acceptors (Lipinski definition) is 4. The Morgan fingerprint density at radius 1 is 1.04 bits per heavy atom. The van der Waals surface area contributed by atoms with Gasteiger partial charge in [0.1, 0.15) is 11.5 Å². The topological polar surface area (TPSA) is 56.8 Å². The van der Waals surface area contributed by atoms with Gasteiger partial charge in [-0.15, -0.1) is 0 Å². The maximum atomic E-state index is 12.3. The Kier molecular flexibility index (Phi) is 7.31. The molecule has 28 heavy (non-hydrogen) atoms. The van der Waals surface area contributed by atoms with E-state index in [0.29, 0.717) is 26.0 Å². The van der Waals surface area contributed by atoms with Gasteiger partial charge < -0.3 is 19.5 Å². The first-order valence-corrected chi connectivity index (χ1v) is 9.89. The van der Waals surface area contributed by atoms with Gasteiger partial charge in [-0.25, -0.2) is 0 Å². The zero-order chi connectivity index (χ0) is 19.7. The molecule has 0 aliphatic carbocycles. The second-order valence-corrected chi connectivity index (χ2v) is 7.16. The SMILES string of the molecule is COc1ccc(OCCCC(=O)NCC2(c3ccccc3)CCOCC2)cc1. The molecule has 1 amide bonds. The average molecular weight is 383 g/mol. The highest BCUT2D eigenvalue weighted by atomic mass is 16.5. The Labute approximate surface area is 167 Å². The highest BCUT2D eigenvalue weighted by Crippen LogP contribution is 2.34. The monoisotopic (exact) mass is 383 g/mol. The van der Waals surface area contributed by atoms with Crippen molar-refractivity contribution in [2.45, 2.75) is 31.1 Å². The number of carbonyl (C=O) groups excluding carboxylic acids is 1. The number of amides is 1. The molecule has 0 radical (unpaired) electrons. The molecule has 0 saturated carbocycles. The van der Waals surface area contributed by atoms with E-state index in [0.717, 1.165) is 37.6 Å². The van der Waals surface area contributed by atoms with E-state index < -0.39 is 0 Å². The first kappa shape index (κ1) is 20.2. The molecule has 1 fully saturated rings. The predicted molar refractivity (Wildman–Crippen MR) is 109 cm³/mol. The molecule has 0 unspecified atom stereocenters. The number of methoxy groups -OCH3 is 1. The third-order valence-corrected chi connectivity index (χ3v) is 5.34. The molecule has 5 nitrogen and oxygen atoms in total. The van der Waals surface area contributed by atoms with Gasteiger partial charge in [-0.3, -0.25) is 4.79 Å². The Balaban J connectivity index is 1.43. The number of hydrogen-bond donors (Lipinski definition) is 1. The van der Waals surface area contributed by atoms with E-state index in [2.05, 4.69) is 29.6 Å². The molecule has 2 aromatic rings. The highest BCUT2D eigenvalue weighted by Gasteiger charge is 2.34. The predicted octanol–water partition coefficient (Wildman–Crippen LogP) is 3.72. The van der Waals surface area contributed by atoms with E-state index >= 15 is 0 Å². The van der Waals surface area contributed by atoms with Crippen LogP contribution in [0.2, 0.25) is 0 Å². The number of rotatable bonds is 9. The maximum Gasteiger partial charge on any atom is 0.220 e. The van der Waals surface area contributed by atoms with E-state index in [1.54, 1.807) is 7.11 Å². The second kappa shape index (κ2) is 10.1. The number of carbonyl (C=O) groups is 1. The van der Waals surface area contributed by atoms with E-state index in [4.69, 9.17) is 14.2 Å². The number of ether oxygens (including phenoxy) is 3. The summed E-state index contributed by atoms with van der Waals surface area (Å²) < 4.78 is 16.4. The van der Waals surface area contributed by atoms with Crippen LogP contribution in [0.4, 0.5) is 0 Å². The summed E-state index contributed by atoms with van der Waals surface area (Å²) in [5.74, 6) is 1.65. The van der Waals surface area contributed by atoms with E-state index in [9.17, 15) is 4.79 Å². The molecule has 0 atom stereocenters. The van der Waals surface area contributed by atoms with Crippen LogP contribution in [0, 0.1) is 0 Å². The minimum absolute atomic E-state index is 0.0330. The summed E-state index contributed by atoms with van der Waals surface area (Å²) in [6.07, 6.45) is 2.99. The zero-order valence-electron chi connectivity index (χ0n) is 16.5. The Hall–Kier alpha value is -2.53. The van der Waals surface area contributed by atoms with Gasteiger partial charge in [0.05, 0.1) is 13.7 Å². The largest absolute Gasteiger partial charge is 0.497 e. The lowest BCUT2D eigenvalue weighted by molar-refractivity contribution is -0.121. The molecule has 1 heterocycles. The summed E-state index contributed by atoms with van der Waals surface area (Å²) in [5, 5.41) is 3.14. The summed E-state index contributed by atoms with van der Waals surface area (Å²) in [5.41, 5.74) is 1.25. The molecule has 5 heteroatoms. The molecule has 1 N–H and O–H groups in total. The lowest BCUT2D eigenvalue weighted by atomic mass is 9.74. The molecule has 2 aromatic carbocycles. The quantitative estimate of drug-likeness (QED) is 0.671. The van der Waals surface area contributed by atoms with Crippen LogP contribution in [0.1, 0.15) is 31.2 Å². The minimum Gasteiger partial charge on any atom is -0.497 e. The van der Waals surface area contributed by atoms with Gasteiger partial charge >= 0.3 is 0 Å². The molecule has 0 spiro atoms. The Bertz CT molecular complexity index is 724. The standard InChI is InChI=1S/C23H29NO4/c1-26-20-9-11-21(12-10-20)28-15-5-8-22(25)24-18-23(13-16-27-17-14-23)19-6-3-2-4-7-19/h2-4,6-7,9-12H,5,8,13-18H2,1H3,(H,24,25). The molecule has 150 valence electrons. The lowest BCUT2D eigenvalue weighted by Gasteiger charge is -2.38. The molecule has 1 saturated heterocycles. The Morgan fingerprint density at radius 3 is 2.39 bits per heavy atom. The van der Waals surface area contributed by atoms with Gasteiger partial charge in [-0.1, -0.05) is 30.3 Å². The average Bonchev–Trinajstić information content (AvgIpc) is 2.77. The summed E-state index contributed by atoms with van der Waals surface area (Å²) >= 11 is 0. The number of benzene rings is 2. The second-order valence-electron chi connectivity index (χ2n) is 7.16. The van der Waals surface area contributed by atoms with Gasteiger partial charge in [-0.2, -0.15) is 0 Å². The molecule has 3 rings (SSSR count). The zero-order valence-corrected chi connectivity index (χ0v) is 16.5. The minimum atomic E-state index is -0.0330. The van der Waals surface area contributed by atoms with Crippen LogP contribution < -0.4 is 14.8 Å². The summed E-state index contributed by atoms with van der Waals surface area (Å²) in [6.45, 7) is 2.64. The molecule has 1 aliphatic heterocycles. The number of nitrogens with one attached hydrogen (secondary N) is 1. The van der Waals surface area contributed by atoms with Crippen molar-refractivity contribution < 1.29 is 19.0 Å². The molecule has 0 aromatic heterocycles. The van der Waals surface area contributed by atoms with Crippen molar-refractivity contribution in [3.05, 3.63) is 60.2 Å². The van der Waals surface area contributed by atoms with Gasteiger partial charge in [0.2, 0.25) is 5.91 Å². The summed E-state index contributed by atoms with van der Waals surface area (Å²) in [4.78, 5) is 12.3. The molecule has 1 aliphatic rings. The lowest BCUT2D eigenvalue weighted by Crippen LogP contribution is -2.44. The van der Waals surface area contributed by atoms with Crippen LogP contribution in [0.5, 0.6) is 11.5 Å². The third kappa shape index (κ3) is 5.49. The van der Waals surface area contributed by atoms with Crippen molar-refractivity contribution in [3.63, 3.8) is 0 Å². The van der Waals surface area contributed by atoms with Crippen LogP contribution in [-0.2, 0) is 14.9 Å². The van der Waals surface area contributed by atoms with Crippen LogP contribution >= 0.6 is 0 Å². The fourth-order valence-electron chi connectivity index (χ4n) is 3.57. The highest BCUT2D eigenvalue weighted by molar-refractivity contribution is 5.76. The van der Waals surface area contributed by atoms with Crippen molar-refractivity contribution in [2.24, 2.45) is 0 Å². The van der Waals surface area contributed by atoms with Crippen molar-refractivity contribution in [2.75, 3.05) is 33.5 Å². The van der Waals surface area contributed by atoms with E-state index in [1.165, 1.54) is 5.56 Å². The van der Waals surface area contributed by atoms with E-state index in [-0.39, 0.29) is 11.3 Å². The molecular weight excluding hydrogens is 354 g/mol. The van der Waals surface area contributed by atoms with Crippen LogP contribution in [0.15, 0.2) is 54.6 Å². The van der Waals surface area contributed by atoms with Gasteiger partial charge in [0, 0.05) is 31.6 Å². The van der Waals surface area contributed by atoms with Crippen molar-refractivity contribution in [1.82, 2.24) is 5.32 Å². The fourth-order valence-corrected chi connectivity index (χ4v) is 3.57. The normalized spacial score (nSPS) is 15.6. The van der Waals surface area contributed by atoms with E-state index in [1.807, 2.05) is 30.3 Å². The van der Waals surface area contributed by atoms with Crippen molar-refractivity contribution in [3.8, 4) is 11.5 Å². The smallest absolute Gasteiger partial charge is 0.220 e. The van der Waals surface area contributed by atoms with Gasteiger partial charge in [0.15, 0.2) is 0 Å². The first-order chi connectivity index (χ1) is 13.7. The van der Waals surface area contributed by atoms with Crippen LogP contribution in [0.25, 0.3) is 0 Å². The summed E-state index contributed by atoms with van der Waals surface area (Å²) in [7, 11) is 1.64. The first-order valence-electron chi connectivity index (χ1n) is 9.89. The summed E-state index contributed by atoms with van der Waals surface area (Å²) in [6, 6.07) is 17.9. The van der Waals surface area contributed by atoms with Gasteiger partial charge in [-0.05, 0) is 49.1 Å². The fraction of sp³-hybridized carbons (Fsp3) is 0.435. The van der Waals surface area contributed by atoms with Crippen molar-refractivity contribution in [1.29, 1.82) is 0 Å². The molecular formula is C23H29NO4.